The molecule has 20 heavy (non-hydrogen) atoms. The van der Waals surface area contributed by atoms with Crippen LogP contribution in [0.5, 0.6) is 5.75 Å². The molecule has 1 aliphatic carbocycles. The van der Waals surface area contributed by atoms with Gasteiger partial charge in [0, 0.05) is 24.2 Å². The number of nitrogens with one attached hydrogen (secondary N) is 1. The fourth-order valence-corrected chi connectivity index (χ4v) is 2.66. The molecule has 1 fully saturated rings. The summed E-state index contributed by atoms with van der Waals surface area (Å²) in [7, 11) is 1.69. The van der Waals surface area contributed by atoms with E-state index < -0.39 is 0 Å². The van der Waals surface area contributed by atoms with E-state index >= 15 is 0 Å². The molecule has 0 aliphatic heterocycles. The van der Waals surface area contributed by atoms with Gasteiger partial charge in [0.1, 0.15) is 11.6 Å². The number of amidine groups is 1. The first-order valence-electron chi connectivity index (χ1n) is 7.37. The molecule has 0 radical (unpaired) electrons. The van der Waals surface area contributed by atoms with Crippen molar-refractivity contribution in [1.82, 2.24) is 4.90 Å². The summed E-state index contributed by atoms with van der Waals surface area (Å²) in [5.74, 6) is 1.84. The number of methoxy groups -OCH3 is 1. The molecular formula is C16H25N3O. The number of hydrogen-bond donors (Lipinski definition) is 2. The van der Waals surface area contributed by atoms with Crippen LogP contribution in [0.4, 0.5) is 0 Å². The molecule has 4 heteroatoms. The van der Waals surface area contributed by atoms with Crippen molar-refractivity contribution in [2.45, 2.75) is 32.7 Å². The Morgan fingerprint density at radius 2 is 2.20 bits per heavy atom. The molecule has 1 saturated carbocycles. The lowest BCUT2D eigenvalue weighted by molar-refractivity contribution is 0.177. The van der Waals surface area contributed by atoms with Gasteiger partial charge in [-0.3, -0.25) is 10.3 Å². The van der Waals surface area contributed by atoms with Crippen molar-refractivity contribution in [3.63, 3.8) is 0 Å². The van der Waals surface area contributed by atoms with Crippen LogP contribution in [-0.4, -0.2) is 30.9 Å². The number of nitrogen functional groups attached to an aromatic ring is 1. The van der Waals surface area contributed by atoms with Gasteiger partial charge in [-0.15, -0.1) is 0 Å². The third-order valence-corrected chi connectivity index (χ3v) is 4.17. The van der Waals surface area contributed by atoms with Gasteiger partial charge in [-0.05, 0) is 43.5 Å². The second kappa shape index (κ2) is 6.75. The summed E-state index contributed by atoms with van der Waals surface area (Å²) >= 11 is 0. The van der Waals surface area contributed by atoms with E-state index in [1.54, 1.807) is 7.11 Å². The molecule has 3 N–H and O–H groups in total. The Labute approximate surface area is 121 Å². The fourth-order valence-electron chi connectivity index (χ4n) is 2.66. The molecule has 0 atom stereocenters. The van der Waals surface area contributed by atoms with E-state index in [-0.39, 0.29) is 5.84 Å². The van der Waals surface area contributed by atoms with E-state index in [0.29, 0.717) is 0 Å². The van der Waals surface area contributed by atoms with Gasteiger partial charge in [0.05, 0.1) is 7.11 Å². The van der Waals surface area contributed by atoms with Gasteiger partial charge in [0.2, 0.25) is 0 Å². The molecule has 0 spiro atoms. The smallest absolute Gasteiger partial charge is 0.123 e. The zero-order chi connectivity index (χ0) is 14.5. The highest BCUT2D eigenvalue weighted by Gasteiger charge is 2.20. The summed E-state index contributed by atoms with van der Waals surface area (Å²) in [6, 6.07) is 5.72. The normalized spacial score (nSPS) is 15.2. The van der Waals surface area contributed by atoms with Crippen molar-refractivity contribution < 1.29 is 4.74 Å². The lowest BCUT2D eigenvalue weighted by Gasteiger charge is -2.32. The minimum absolute atomic E-state index is 0.107. The first-order valence-corrected chi connectivity index (χ1v) is 7.37. The number of hydrogen-bond acceptors (Lipinski definition) is 3. The molecule has 0 aromatic heterocycles. The van der Waals surface area contributed by atoms with Gasteiger partial charge in [-0.2, -0.15) is 0 Å². The molecule has 4 nitrogen and oxygen atoms in total. The van der Waals surface area contributed by atoms with Crippen LogP contribution in [0.1, 0.15) is 37.3 Å². The van der Waals surface area contributed by atoms with Crippen LogP contribution in [0.3, 0.4) is 0 Å². The standard InChI is InChI=1S/C16H25N3O/c1-3-19(10-12-5-4-6-12)11-14-9-13(16(17)18)7-8-15(14)20-2/h7-9,12H,3-6,10-11H2,1-2H3,(H3,17,18). The molecule has 0 heterocycles. The Morgan fingerprint density at radius 3 is 2.70 bits per heavy atom. The molecular weight excluding hydrogens is 250 g/mol. The summed E-state index contributed by atoms with van der Waals surface area (Å²) in [5.41, 5.74) is 7.45. The minimum atomic E-state index is 0.107. The van der Waals surface area contributed by atoms with E-state index in [2.05, 4.69) is 11.8 Å². The highest BCUT2D eigenvalue weighted by molar-refractivity contribution is 5.95. The van der Waals surface area contributed by atoms with Crippen molar-refractivity contribution in [3.8, 4) is 5.75 Å². The number of nitrogens with zero attached hydrogens (tertiary/aromatic N) is 1. The fraction of sp³-hybridized carbons (Fsp3) is 0.562. The number of benzene rings is 1. The molecule has 2 rings (SSSR count). The highest BCUT2D eigenvalue weighted by atomic mass is 16.5. The first-order chi connectivity index (χ1) is 9.63. The van der Waals surface area contributed by atoms with Crippen LogP contribution < -0.4 is 10.5 Å². The zero-order valence-corrected chi connectivity index (χ0v) is 12.5. The second-order valence-electron chi connectivity index (χ2n) is 5.56. The van der Waals surface area contributed by atoms with Crippen LogP contribution >= 0.6 is 0 Å². The van der Waals surface area contributed by atoms with Gasteiger partial charge < -0.3 is 10.5 Å². The largest absolute Gasteiger partial charge is 0.496 e. The van der Waals surface area contributed by atoms with E-state index in [1.165, 1.54) is 19.3 Å². The summed E-state index contributed by atoms with van der Waals surface area (Å²) in [5, 5.41) is 7.56. The Balaban J connectivity index is 2.11. The van der Waals surface area contributed by atoms with Crippen molar-refractivity contribution in [2.24, 2.45) is 11.7 Å². The first kappa shape index (κ1) is 14.9. The highest BCUT2D eigenvalue weighted by Crippen LogP contribution is 2.28. The quantitative estimate of drug-likeness (QED) is 0.594. The minimum Gasteiger partial charge on any atom is -0.496 e. The van der Waals surface area contributed by atoms with E-state index in [4.69, 9.17) is 15.9 Å². The summed E-state index contributed by atoms with van der Waals surface area (Å²) in [6.07, 6.45) is 4.10. The van der Waals surface area contributed by atoms with Crippen molar-refractivity contribution >= 4 is 5.84 Å². The van der Waals surface area contributed by atoms with Gasteiger partial charge in [0.25, 0.3) is 0 Å². The molecule has 0 bridgehead atoms. The van der Waals surface area contributed by atoms with Crippen LogP contribution in [0.25, 0.3) is 0 Å². The average molecular weight is 275 g/mol. The molecule has 1 aromatic rings. The average Bonchev–Trinajstić information content (AvgIpc) is 2.40. The zero-order valence-electron chi connectivity index (χ0n) is 12.5. The van der Waals surface area contributed by atoms with Crippen molar-refractivity contribution in [2.75, 3.05) is 20.2 Å². The van der Waals surface area contributed by atoms with Crippen LogP contribution in [-0.2, 0) is 6.54 Å². The molecule has 1 aliphatic rings. The van der Waals surface area contributed by atoms with Gasteiger partial charge in [-0.25, -0.2) is 0 Å². The third-order valence-electron chi connectivity index (χ3n) is 4.17. The topological polar surface area (TPSA) is 62.3 Å². The Hall–Kier alpha value is -1.55. The monoisotopic (exact) mass is 275 g/mol. The third kappa shape index (κ3) is 3.51. The summed E-state index contributed by atoms with van der Waals surface area (Å²) < 4.78 is 5.43. The van der Waals surface area contributed by atoms with Gasteiger partial charge in [-0.1, -0.05) is 13.3 Å². The van der Waals surface area contributed by atoms with Crippen molar-refractivity contribution in [1.29, 1.82) is 5.41 Å². The lowest BCUT2D eigenvalue weighted by Crippen LogP contribution is -2.32. The van der Waals surface area contributed by atoms with E-state index in [9.17, 15) is 0 Å². The Bertz CT molecular complexity index is 469. The second-order valence-corrected chi connectivity index (χ2v) is 5.56. The molecule has 0 amide bonds. The lowest BCUT2D eigenvalue weighted by atomic mass is 9.85. The van der Waals surface area contributed by atoms with Crippen molar-refractivity contribution in [3.05, 3.63) is 29.3 Å². The van der Waals surface area contributed by atoms with Gasteiger partial charge >= 0.3 is 0 Å². The maximum atomic E-state index is 7.56. The van der Waals surface area contributed by atoms with Crippen LogP contribution in [0, 0.1) is 11.3 Å². The van der Waals surface area contributed by atoms with Crippen LogP contribution in [0.2, 0.25) is 0 Å². The molecule has 0 saturated heterocycles. The summed E-state index contributed by atoms with van der Waals surface area (Å²) in [6.45, 7) is 5.24. The SMILES string of the molecule is CCN(Cc1cc(C(=N)N)ccc1OC)CC1CCC1. The number of ether oxygens (including phenoxy) is 1. The molecule has 110 valence electrons. The maximum absolute atomic E-state index is 7.56. The van der Waals surface area contributed by atoms with Gasteiger partial charge in [0.15, 0.2) is 0 Å². The Kier molecular flexibility index (Phi) is 5.01. The molecule has 0 unspecified atom stereocenters. The van der Waals surface area contributed by atoms with E-state index in [0.717, 1.165) is 42.4 Å². The number of rotatable bonds is 7. The van der Waals surface area contributed by atoms with E-state index in [1.807, 2.05) is 18.2 Å². The predicted octanol–water partition coefficient (Wildman–Crippen LogP) is 2.60. The molecule has 1 aromatic carbocycles. The number of nitrogens with two attached hydrogens (primary N) is 1. The van der Waals surface area contributed by atoms with Crippen LogP contribution in [0.15, 0.2) is 18.2 Å². The maximum Gasteiger partial charge on any atom is 0.123 e. The summed E-state index contributed by atoms with van der Waals surface area (Å²) in [4.78, 5) is 2.45. The Morgan fingerprint density at radius 1 is 1.45 bits per heavy atom. The predicted molar refractivity (Wildman–Crippen MR) is 82.3 cm³/mol.